The number of nitriles is 1. The number of nitrogens with zero attached hydrogens (tertiary/aromatic N) is 2. The van der Waals surface area contributed by atoms with E-state index in [9.17, 15) is 9.59 Å². The van der Waals surface area contributed by atoms with E-state index in [0.29, 0.717) is 0 Å². The molecule has 0 aromatic carbocycles. The Balaban J connectivity index is 2.40. The Morgan fingerprint density at radius 2 is 2.25 bits per heavy atom. The Hall–Kier alpha value is -1.26. The summed E-state index contributed by atoms with van der Waals surface area (Å²) in [5.74, 6) is -1.65. The number of nitrogens with two attached hydrogens (primary N) is 1. The first kappa shape index (κ1) is 11.2. The van der Waals surface area contributed by atoms with Gasteiger partial charge in [0.25, 0.3) is 5.91 Å². The number of β-lactam (4-membered cyclic amide) rings is 1. The molecule has 0 bridgehead atoms. The second-order valence-corrected chi connectivity index (χ2v) is 6.24. The fraction of sp³-hybridized carbons (Fsp3) is 0.667. The van der Waals surface area contributed by atoms with Crippen molar-refractivity contribution in [2.45, 2.75) is 35.5 Å². The van der Waals surface area contributed by atoms with Gasteiger partial charge in [-0.25, -0.2) is 4.79 Å². The third-order valence-electron chi connectivity index (χ3n) is 3.00. The van der Waals surface area contributed by atoms with Gasteiger partial charge in [-0.1, -0.05) is 0 Å². The summed E-state index contributed by atoms with van der Waals surface area (Å²) in [5, 5.41) is 17.4. The molecule has 0 aromatic rings. The summed E-state index contributed by atoms with van der Waals surface area (Å²) in [5.41, 5.74) is 4.08. The molecule has 1 amide bonds. The summed E-state index contributed by atoms with van der Waals surface area (Å²) in [6.07, 6.45) is 0. The molecular formula is C9H11N3O3S. The molecule has 2 fully saturated rings. The first-order valence-electron chi connectivity index (χ1n) is 4.69. The van der Waals surface area contributed by atoms with Crippen molar-refractivity contribution in [3.05, 3.63) is 0 Å². The van der Waals surface area contributed by atoms with Crippen molar-refractivity contribution < 1.29 is 14.7 Å². The van der Waals surface area contributed by atoms with E-state index < -0.39 is 33.6 Å². The summed E-state index contributed by atoms with van der Waals surface area (Å²) < 4.78 is -0.635. The number of hydrogen-bond donors (Lipinski definition) is 2. The zero-order valence-electron chi connectivity index (χ0n) is 8.80. The van der Waals surface area contributed by atoms with Gasteiger partial charge < -0.3 is 15.7 Å². The van der Waals surface area contributed by atoms with Gasteiger partial charge in [-0.3, -0.25) is 4.79 Å². The first-order chi connectivity index (χ1) is 7.25. The second kappa shape index (κ2) is 2.90. The summed E-state index contributed by atoms with van der Waals surface area (Å²) in [4.78, 5) is 24.0. The Labute approximate surface area is 96.4 Å². The average Bonchev–Trinajstić information content (AvgIpc) is 2.46. The number of carboxylic acid groups (broad SMARTS) is 1. The molecular weight excluding hydrogens is 230 g/mol. The van der Waals surface area contributed by atoms with Crippen molar-refractivity contribution in [3.8, 4) is 6.07 Å². The Morgan fingerprint density at radius 1 is 1.69 bits per heavy atom. The van der Waals surface area contributed by atoms with Gasteiger partial charge >= 0.3 is 5.97 Å². The summed E-state index contributed by atoms with van der Waals surface area (Å²) in [6.45, 7) is 3.47. The number of carbonyl (C=O) groups is 2. The van der Waals surface area contributed by atoms with Crippen molar-refractivity contribution in [2.75, 3.05) is 0 Å². The topological polar surface area (TPSA) is 107 Å². The molecule has 0 spiro atoms. The standard InChI is InChI=1S/C9H11N3O3S/c1-8(2)4(5(13)14)12-6(15)9(11,3-10)7(12)16-8/h4,7H,11H2,1-2H3,(H,13,14)/t4-,7+,9?/m0/s1. The van der Waals surface area contributed by atoms with Crippen LogP contribution < -0.4 is 5.73 Å². The van der Waals surface area contributed by atoms with E-state index in [1.165, 1.54) is 16.7 Å². The van der Waals surface area contributed by atoms with Crippen LogP contribution in [0.3, 0.4) is 0 Å². The molecule has 2 aliphatic rings. The van der Waals surface area contributed by atoms with Crippen LogP contribution in [-0.4, -0.2) is 43.6 Å². The van der Waals surface area contributed by atoms with E-state index in [1.807, 2.05) is 0 Å². The van der Waals surface area contributed by atoms with E-state index in [4.69, 9.17) is 16.1 Å². The molecule has 2 aliphatic heterocycles. The minimum Gasteiger partial charge on any atom is -0.480 e. The van der Waals surface area contributed by atoms with E-state index in [0.717, 1.165) is 0 Å². The van der Waals surface area contributed by atoms with Gasteiger partial charge in [-0.05, 0) is 13.8 Å². The second-order valence-electron chi connectivity index (χ2n) is 4.51. The molecule has 0 aromatic heterocycles. The van der Waals surface area contributed by atoms with Crippen LogP contribution in [0, 0.1) is 11.3 Å². The Morgan fingerprint density at radius 3 is 2.69 bits per heavy atom. The Bertz CT molecular complexity index is 430. The van der Waals surface area contributed by atoms with Crippen LogP contribution in [0.25, 0.3) is 0 Å². The maximum absolute atomic E-state index is 11.7. The monoisotopic (exact) mass is 241 g/mol. The Kier molecular flexibility index (Phi) is 2.03. The number of thioether (sulfide) groups is 1. The van der Waals surface area contributed by atoms with Crippen LogP contribution >= 0.6 is 11.8 Å². The fourth-order valence-corrected chi connectivity index (χ4v) is 3.78. The van der Waals surface area contributed by atoms with Gasteiger partial charge in [0.05, 0.1) is 6.07 Å². The largest absolute Gasteiger partial charge is 0.480 e. The molecule has 2 rings (SSSR count). The van der Waals surface area contributed by atoms with E-state index in [-0.39, 0.29) is 0 Å². The first-order valence-corrected chi connectivity index (χ1v) is 5.57. The van der Waals surface area contributed by atoms with Crippen molar-refractivity contribution in [2.24, 2.45) is 5.73 Å². The van der Waals surface area contributed by atoms with Crippen LogP contribution in [0.15, 0.2) is 0 Å². The molecule has 16 heavy (non-hydrogen) atoms. The van der Waals surface area contributed by atoms with Crippen LogP contribution in [0.2, 0.25) is 0 Å². The minimum absolute atomic E-state index is 0.555. The molecule has 2 heterocycles. The number of carboxylic acids is 1. The summed E-state index contributed by atoms with van der Waals surface area (Å²) in [6, 6.07) is 0.852. The van der Waals surface area contributed by atoms with Gasteiger partial charge in [0, 0.05) is 4.75 Å². The lowest BCUT2D eigenvalue weighted by Crippen LogP contribution is -2.77. The lowest BCUT2D eigenvalue weighted by atomic mass is 9.87. The summed E-state index contributed by atoms with van der Waals surface area (Å²) in [7, 11) is 0. The highest BCUT2D eigenvalue weighted by atomic mass is 32.2. The lowest BCUT2D eigenvalue weighted by Gasteiger charge is -2.46. The number of carbonyl (C=O) groups excluding carboxylic acids is 1. The minimum atomic E-state index is -1.56. The molecule has 7 heteroatoms. The predicted octanol–water partition coefficient (Wildman–Crippen LogP) is -0.646. The fourth-order valence-electron chi connectivity index (χ4n) is 2.19. The van der Waals surface area contributed by atoms with E-state index in [2.05, 4.69) is 0 Å². The molecule has 0 saturated carbocycles. The van der Waals surface area contributed by atoms with E-state index in [1.54, 1.807) is 19.9 Å². The third kappa shape index (κ3) is 1.06. The van der Waals surface area contributed by atoms with Crippen LogP contribution in [0.1, 0.15) is 13.8 Å². The van der Waals surface area contributed by atoms with Crippen molar-refractivity contribution >= 4 is 23.6 Å². The number of rotatable bonds is 1. The molecule has 1 unspecified atom stereocenters. The maximum atomic E-state index is 11.7. The highest BCUT2D eigenvalue weighted by molar-refractivity contribution is 8.01. The number of amides is 1. The summed E-state index contributed by atoms with van der Waals surface area (Å²) >= 11 is 1.27. The SMILES string of the molecule is CC1(C)S[C@H]2N(C(=O)C2(N)C#N)[C@H]1C(=O)O. The highest BCUT2D eigenvalue weighted by Gasteiger charge is 2.70. The van der Waals surface area contributed by atoms with Crippen LogP contribution in [0.4, 0.5) is 0 Å². The molecule has 0 aliphatic carbocycles. The predicted molar refractivity (Wildman–Crippen MR) is 56.3 cm³/mol. The van der Waals surface area contributed by atoms with Crippen molar-refractivity contribution in [1.82, 2.24) is 4.90 Å². The van der Waals surface area contributed by atoms with Gasteiger partial charge in [-0.2, -0.15) is 5.26 Å². The molecule has 6 nitrogen and oxygen atoms in total. The number of aliphatic carboxylic acids is 1. The van der Waals surface area contributed by atoms with Crippen molar-refractivity contribution in [3.63, 3.8) is 0 Å². The number of hydrogen-bond acceptors (Lipinski definition) is 5. The molecule has 3 atom stereocenters. The third-order valence-corrected chi connectivity index (χ3v) is 4.65. The average molecular weight is 241 g/mol. The normalized spacial score (nSPS) is 39.9. The molecule has 0 radical (unpaired) electrons. The number of fused-ring (bicyclic) bond motifs is 1. The maximum Gasteiger partial charge on any atom is 0.327 e. The van der Waals surface area contributed by atoms with Gasteiger partial charge in [-0.15, -0.1) is 11.8 Å². The van der Waals surface area contributed by atoms with Gasteiger partial charge in [0.1, 0.15) is 11.4 Å². The highest BCUT2D eigenvalue weighted by Crippen LogP contribution is 2.53. The zero-order chi connectivity index (χ0) is 12.3. The molecule has 3 N–H and O–H groups in total. The van der Waals surface area contributed by atoms with Crippen molar-refractivity contribution in [1.29, 1.82) is 5.26 Å². The molecule has 2 saturated heterocycles. The van der Waals surface area contributed by atoms with Gasteiger partial charge in [0.2, 0.25) is 5.54 Å². The van der Waals surface area contributed by atoms with E-state index >= 15 is 0 Å². The lowest BCUT2D eigenvalue weighted by molar-refractivity contribution is -0.162. The molecule has 86 valence electrons. The smallest absolute Gasteiger partial charge is 0.327 e. The quantitative estimate of drug-likeness (QED) is 0.591. The van der Waals surface area contributed by atoms with Gasteiger partial charge in [0.15, 0.2) is 0 Å². The zero-order valence-corrected chi connectivity index (χ0v) is 9.61. The van der Waals surface area contributed by atoms with Crippen LogP contribution in [0.5, 0.6) is 0 Å². The van der Waals surface area contributed by atoms with Crippen LogP contribution in [-0.2, 0) is 9.59 Å².